The van der Waals surface area contributed by atoms with Gasteiger partial charge >= 0.3 is 6.03 Å². The second-order valence-corrected chi connectivity index (χ2v) is 8.36. The number of hydrogen-bond acceptors (Lipinski definition) is 5. The molecule has 1 aromatic carbocycles. The van der Waals surface area contributed by atoms with Crippen LogP contribution in [-0.2, 0) is 6.54 Å². The predicted molar refractivity (Wildman–Crippen MR) is 109 cm³/mol. The van der Waals surface area contributed by atoms with E-state index in [1.807, 2.05) is 34.2 Å². The molecule has 5 rings (SSSR count). The maximum atomic E-state index is 13.2. The summed E-state index contributed by atoms with van der Waals surface area (Å²) in [5.74, 6) is 1.25. The molecular formula is C20H21N5O2S. The second-order valence-electron chi connectivity index (χ2n) is 7.47. The molecule has 1 aliphatic carbocycles. The maximum Gasteiger partial charge on any atom is 0.324 e. The molecule has 0 radical (unpaired) electrons. The summed E-state index contributed by atoms with van der Waals surface area (Å²) >= 11 is 1.39. The molecule has 3 aromatic rings. The average molecular weight is 395 g/mol. The van der Waals surface area contributed by atoms with Crippen molar-refractivity contribution in [3.63, 3.8) is 0 Å². The van der Waals surface area contributed by atoms with Crippen LogP contribution in [0, 0.1) is 5.92 Å². The van der Waals surface area contributed by atoms with Crippen molar-refractivity contribution in [3.8, 4) is 0 Å². The normalized spacial score (nSPS) is 19.3. The Morgan fingerprint density at radius 2 is 2.11 bits per heavy atom. The summed E-state index contributed by atoms with van der Waals surface area (Å²) in [6.45, 7) is 1.33. The van der Waals surface area contributed by atoms with Gasteiger partial charge < -0.3 is 4.90 Å². The number of carbonyl (C=O) groups is 1. The van der Waals surface area contributed by atoms with Crippen LogP contribution in [0.25, 0.3) is 10.9 Å². The molecule has 2 aliphatic rings. The van der Waals surface area contributed by atoms with Gasteiger partial charge in [-0.2, -0.15) is 0 Å². The standard InChI is InChI=1S/C20H21N5O2S/c26-18-14-4-1-2-5-15(14)22-17(25(18)12-13-7-8-13)16-6-3-10-24(16)20(27)23-19-21-9-11-28-19/h1-2,4-5,9,11,13,16H,3,6-8,10,12H2,(H,21,23,27). The Bertz CT molecular complexity index is 1070. The lowest BCUT2D eigenvalue weighted by molar-refractivity contribution is 0.203. The Labute approximate surface area is 166 Å². The van der Waals surface area contributed by atoms with Crippen molar-refractivity contribution in [3.05, 3.63) is 52.0 Å². The van der Waals surface area contributed by atoms with Crippen LogP contribution >= 0.6 is 11.3 Å². The zero-order chi connectivity index (χ0) is 19.1. The highest BCUT2D eigenvalue weighted by atomic mass is 32.1. The van der Waals surface area contributed by atoms with E-state index in [1.165, 1.54) is 11.3 Å². The molecular weight excluding hydrogens is 374 g/mol. The van der Waals surface area contributed by atoms with Crippen molar-refractivity contribution in [1.82, 2.24) is 19.4 Å². The van der Waals surface area contributed by atoms with Gasteiger partial charge in [0.25, 0.3) is 5.56 Å². The van der Waals surface area contributed by atoms with Gasteiger partial charge in [0.2, 0.25) is 0 Å². The highest BCUT2D eigenvalue weighted by Gasteiger charge is 2.35. The number of rotatable bonds is 4. The lowest BCUT2D eigenvalue weighted by Gasteiger charge is -2.26. The van der Waals surface area contributed by atoms with Crippen molar-refractivity contribution < 1.29 is 4.79 Å². The van der Waals surface area contributed by atoms with Crippen LogP contribution in [0.3, 0.4) is 0 Å². The molecule has 2 amide bonds. The van der Waals surface area contributed by atoms with E-state index in [0.29, 0.717) is 40.9 Å². The number of hydrogen-bond donors (Lipinski definition) is 1. The zero-order valence-corrected chi connectivity index (χ0v) is 16.2. The molecule has 3 heterocycles. The first-order chi connectivity index (χ1) is 13.7. The number of para-hydroxylation sites is 1. The van der Waals surface area contributed by atoms with Gasteiger partial charge in [-0.1, -0.05) is 12.1 Å². The third-order valence-electron chi connectivity index (χ3n) is 5.49. The van der Waals surface area contributed by atoms with Gasteiger partial charge in [0, 0.05) is 24.7 Å². The fraction of sp³-hybridized carbons (Fsp3) is 0.400. The summed E-state index contributed by atoms with van der Waals surface area (Å²) in [6, 6.07) is 7.09. The van der Waals surface area contributed by atoms with Gasteiger partial charge in [-0.05, 0) is 43.7 Å². The van der Waals surface area contributed by atoms with E-state index in [0.717, 1.165) is 25.7 Å². The Balaban J connectivity index is 1.54. The number of benzene rings is 1. The van der Waals surface area contributed by atoms with Crippen LogP contribution in [0.15, 0.2) is 40.6 Å². The highest BCUT2D eigenvalue weighted by molar-refractivity contribution is 7.13. The fourth-order valence-corrected chi connectivity index (χ4v) is 4.42. The summed E-state index contributed by atoms with van der Waals surface area (Å²) in [5, 5.41) is 5.92. The molecule has 2 aromatic heterocycles. The SMILES string of the molecule is O=C(Nc1nccs1)N1CCCC1c1nc2ccccc2c(=O)n1CC1CC1. The molecule has 1 unspecified atom stereocenters. The topological polar surface area (TPSA) is 80.1 Å². The van der Waals surface area contributed by atoms with E-state index < -0.39 is 0 Å². The Morgan fingerprint density at radius 1 is 1.25 bits per heavy atom. The van der Waals surface area contributed by atoms with Gasteiger partial charge in [-0.15, -0.1) is 11.3 Å². The summed E-state index contributed by atoms with van der Waals surface area (Å²) in [6.07, 6.45) is 5.66. The van der Waals surface area contributed by atoms with Crippen molar-refractivity contribution in [2.24, 2.45) is 5.92 Å². The van der Waals surface area contributed by atoms with E-state index in [4.69, 9.17) is 4.98 Å². The summed E-state index contributed by atoms with van der Waals surface area (Å²) < 4.78 is 1.82. The van der Waals surface area contributed by atoms with E-state index in [9.17, 15) is 9.59 Å². The first-order valence-electron chi connectivity index (χ1n) is 9.67. The number of nitrogens with zero attached hydrogens (tertiary/aromatic N) is 4. The molecule has 1 saturated carbocycles. The number of fused-ring (bicyclic) bond motifs is 1. The third-order valence-corrected chi connectivity index (χ3v) is 6.18. The third kappa shape index (κ3) is 3.17. The van der Waals surface area contributed by atoms with Gasteiger partial charge in [0.05, 0.1) is 16.9 Å². The molecule has 0 bridgehead atoms. The molecule has 144 valence electrons. The van der Waals surface area contributed by atoms with E-state index in [1.54, 1.807) is 11.1 Å². The molecule has 0 spiro atoms. The number of aromatic nitrogens is 3. The van der Waals surface area contributed by atoms with Gasteiger partial charge in [-0.25, -0.2) is 14.8 Å². The first kappa shape index (κ1) is 17.4. The molecule has 7 nitrogen and oxygen atoms in total. The van der Waals surface area contributed by atoms with Crippen LogP contribution in [0.2, 0.25) is 0 Å². The Hall–Kier alpha value is -2.74. The molecule has 8 heteroatoms. The summed E-state index contributed by atoms with van der Waals surface area (Å²) in [7, 11) is 0. The molecule has 1 atom stereocenters. The number of anilines is 1. The molecule has 1 saturated heterocycles. The van der Waals surface area contributed by atoms with Crippen LogP contribution in [0.5, 0.6) is 0 Å². The Kier molecular flexibility index (Phi) is 4.35. The van der Waals surface area contributed by atoms with Crippen LogP contribution in [0.1, 0.15) is 37.5 Å². The fourth-order valence-electron chi connectivity index (χ4n) is 3.90. The number of nitrogens with one attached hydrogen (secondary N) is 1. The minimum Gasteiger partial charge on any atom is -0.314 e. The van der Waals surface area contributed by atoms with Gasteiger partial charge in [0.15, 0.2) is 5.13 Å². The van der Waals surface area contributed by atoms with Crippen molar-refractivity contribution in [2.45, 2.75) is 38.3 Å². The van der Waals surface area contributed by atoms with Crippen LogP contribution in [-0.4, -0.2) is 32.0 Å². The van der Waals surface area contributed by atoms with E-state index in [-0.39, 0.29) is 17.6 Å². The second kappa shape index (κ2) is 7.01. The quantitative estimate of drug-likeness (QED) is 0.731. The smallest absolute Gasteiger partial charge is 0.314 e. The van der Waals surface area contributed by atoms with Gasteiger partial charge in [0.1, 0.15) is 5.82 Å². The monoisotopic (exact) mass is 395 g/mol. The molecule has 1 N–H and O–H groups in total. The average Bonchev–Trinajstić information content (AvgIpc) is 3.16. The number of thiazole rings is 1. The number of carbonyl (C=O) groups excluding carboxylic acids is 1. The van der Waals surface area contributed by atoms with Crippen molar-refractivity contribution in [1.29, 1.82) is 0 Å². The number of amides is 2. The van der Waals surface area contributed by atoms with Crippen LogP contribution in [0.4, 0.5) is 9.93 Å². The Morgan fingerprint density at radius 3 is 2.89 bits per heavy atom. The maximum absolute atomic E-state index is 13.2. The minimum absolute atomic E-state index is 0.000295. The van der Waals surface area contributed by atoms with Crippen molar-refractivity contribution >= 4 is 33.4 Å². The molecule has 2 fully saturated rings. The minimum atomic E-state index is -0.198. The first-order valence-corrected chi connectivity index (χ1v) is 10.6. The number of urea groups is 1. The predicted octanol–water partition coefficient (Wildman–Crippen LogP) is 3.63. The molecule has 1 aliphatic heterocycles. The molecule has 28 heavy (non-hydrogen) atoms. The van der Waals surface area contributed by atoms with Crippen molar-refractivity contribution in [2.75, 3.05) is 11.9 Å². The lowest BCUT2D eigenvalue weighted by atomic mass is 10.1. The summed E-state index contributed by atoms with van der Waals surface area (Å²) in [5.41, 5.74) is 0.696. The number of likely N-dealkylation sites (tertiary alicyclic amines) is 1. The zero-order valence-electron chi connectivity index (χ0n) is 15.4. The van der Waals surface area contributed by atoms with E-state index in [2.05, 4.69) is 10.3 Å². The largest absolute Gasteiger partial charge is 0.324 e. The van der Waals surface area contributed by atoms with E-state index >= 15 is 0 Å². The highest BCUT2D eigenvalue weighted by Crippen LogP contribution is 2.35. The van der Waals surface area contributed by atoms with Crippen LogP contribution < -0.4 is 10.9 Å². The summed E-state index contributed by atoms with van der Waals surface area (Å²) in [4.78, 5) is 36.8. The van der Waals surface area contributed by atoms with Gasteiger partial charge in [-0.3, -0.25) is 14.7 Å². The lowest BCUT2D eigenvalue weighted by Crippen LogP contribution is -2.38.